The van der Waals surface area contributed by atoms with Crippen LogP contribution in [-0.4, -0.2) is 53.0 Å². The first-order chi connectivity index (χ1) is 14.7. The molecule has 6 heteroatoms. The van der Waals surface area contributed by atoms with Gasteiger partial charge in [-0.15, -0.1) is 0 Å². The van der Waals surface area contributed by atoms with Crippen LogP contribution >= 0.6 is 0 Å². The third-order valence-corrected chi connectivity index (χ3v) is 5.60. The summed E-state index contributed by atoms with van der Waals surface area (Å²) in [5.41, 5.74) is 2.41. The minimum atomic E-state index is -0.0617. The summed E-state index contributed by atoms with van der Waals surface area (Å²) in [6.45, 7) is 5.60. The lowest BCUT2D eigenvalue weighted by atomic mass is 9.73. The Morgan fingerprint density at radius 3 is 2.57 bits per heavy atom. The molecule has 0 aromatic heterocycles. The van der Waals surface area contributed by atoms with Crippen molar-refractivity contribution in [2.45, 2.75) is 25.2 Å². The number of rotatable bonds is 8. The van der Waals surface area contributed by atoms with E-state index in [1.54, 1.807) is 14.2 Å². The number of aliphatic imine (C=N–C) groups is 1. The minimum absolute atomic E-state index is 0.0617. The van der Waals surface area contributed by atoms with Gasteiger partial charge in [0.2, 0.25) is 0 Å². The van der Waals surface area contributed by atoms with Crippen LogP contribution in [0.2, 0.25) is 0 Å². The van der Waals surface area contributed by atoms with Crippen molar-refractivity contribution in [3.8, 4) is 11.5 Å². The van der Waals surface area contributed by atoms with E-state index in [1.807, 2.05) is 30.3 Å². The monoisotopic (exact) mass is 411 g/mol. The van der Waals surface area contributed by atoms with Gasteiger partial charge >= 0.3 is 0 Å². The Labute approximate surface area is 179 Å². The molecule has 162 valence electrons. The maximum atomic E-state index is 5.75. The standard InChI is InChI=1S/C24H33N3O3/c1-19-9-10-22(28-3)21(17-19)24(11-14-29-15-12-24)18-27-23(25-2)26-13-16-30-20-7-5-4-6-8-20/h4-10,17H,11-16,18H2,1-3H3,(H2,25,26,27). The normalized spacial score (nSPS) is 16.0. The number of nitrogens with zero attached hydrogens (tertiary/aromatic N) is 1. The minimum Gasteiger partial charge on any atom is -0.496 e. The molecule has 1 fully saturated rings. The lowest BCUT2D eigenvalue weighted by Crippen LogP contribution is -2.48. The number of para-hydroxylation sites is 1. The van der Waals surface area contributed by atoms with Gasteiger partial charge in [-0.3, -0.25) is 4.99 Å². The van der Waals surface area contributed by atoms with E-state index in [0.29, 0.717) is 13.2 Å². The lowest BCUT2D eigenvalue weighted by Gasteiger charge is -2.39. The third-order valence-electron chi connectivity index (χ3n) is 5.60. The number of nitrogens with one attached hydrogen (secondary N) is 2. The van der Waals surface area contributed by atoms with E-state index < -0.39 is 0 Å². The zero-order valence-electron chi connectivity index (χ0n) is 18.2. The maximum absolute atomic E-state index is 5.75. The van der Waals surface area contributed by atoms with E-state index in [9.17, 15) is 0 Å². The number of hydrogen-bond acceptors (Lipinski definition) is 4. The summed E-state index contributed by atoms with van der Waals surface area (Å²) >= 11 is 0. The molecule has 6 nitrogen and oxygen atoms in total. The predicted molar refractivity (Wildman–Crippen MR) is 121 cm³/mol. The van der Waals surface area contributed by atoms with Crippen LogP contribution in [-0.2, 0) is 10.2 Å². The molecule has 30 heavy (non-hydrogen) atoms. The first kappa shape index (κ1) is 22.0. The molecule has 0 radical (unpaired) electrons. The van der Waals surface area contributed by atoms with Crippen LogP contribution in [0.25, 0.3) is 0 Å². The second-order valence-electron chi connectivity index (χ2n) is 7.61. The van der Waals surface area contributed by atoms with E-state index in [1.165, 1.54) is 11.1 Å². The van der Waals surface area contributed by atoms with Gasteiger partial charge in [0.15, 0.2) is 5.96 Å². The summed E-state index contributed by atoms with van der Waals surface area (Å²) in [6, 6.07) is 16.2. The highest BCUT2D eigenvalue weighted by Gasteiger charge is 2.37. The van der Waals surface area contributed by atoms with Crippen LogP contribution in [0.1, 0.15) is 24.0 Å². The second kappa shape index (κ2) is 10.9. The molecular weight excluding hydrogens is 378 g/mol. The molecule has 1 aliphatic rings. The molecule has 2 N–H and O–H groups in total. The average molecular weight is 412 g/mol. The fraction of sp³-hybridized carbons (Fsp3) is 0.458. The van der Waals surface area contributed by atoms with Crippen molar-refractivity contribution in [3.05, 3.63) is 59.7 Å². The highest BCUT2D eigenvalue weighted by Crippen LogP contribution is 2.40. The quantitative estimate of drug-likeness (QED) is 0.396. The molecule has 0 spiro atoms. The predicted octanol–water partition coefficient (Wildman–Crippen LogP) is 3.30. The molecule has 3 rings (SSSR count). The lowest BCUT2D eigenvalue weighted by molar-refractivity contribution is 0.0505. The van der Waals surface area contributed by atoms with Gasteiger partial charge in [-0.05, 0) is 38.0 Å². The molecule has 0 bridgehead atoms. The van der Waals surface area contributed by atoms with Crippen molar-refractivity contribution in [2.75, 3.05) is 47.1 Å². The van der Waals surface area contributed by atoms with Gasteiger partial charge in [0.1, 0.15) is 18.1 Å². The molecule has 0 saturated carbocycles. The molecule has 0 unspecified atom stereocenters. The van der Waals surface area contributed by atoms with Crippen molar-refractivity contribution in [3.63, 3.8) is 0 Å². The zero-order chi connectivity index (χ0) is 21.2. The number of ether oxygens (including phenoxy) is 3. The first-order valence-corrected chi connectivity index (χ1v) is 10.5. The SMILES string of the molecule is CN=C(NCCOc1ccccc1)NCC1(c2cc(C)ccc2OC)CCOCC1. The topological polar surface area (TPSA) is 64.1 Å². The van der Waals surface area contributed by atoms with Gasteiger partial charge in [0, 0.05) is 37.8 Å². The summed E-state index contributed by atoms with van der Waals surface area (Å²) in [7, 11) is 3.53. The highest BCUT2D eigenvalue weighted by molar-refractivity contribution is 5.79. The zero-order valence-corrected chi connectivity index (χ0v) is 18.2. The van der Waals surface area contributed by atoms with Crippen molar-refractivity contribution < 1.29 is 14.2 Å². The molecule has 2 aromatic rings. The van der Waals surface area contributed by atoms with E-state index in [4.69, 9.17) is 14.2 Å². The summed E-state index contributed by atoms with van der Waals surface area (Å²) in [5.74, 6) is 2.57. The van der Waals surface area contributed by atoms with Crippen LogP contribution in [0.5, 0.6) is 11.5 Å². The van der Waals surface area contributed by atoms with Gasteiger partial charge < -0.3 is 24.8 Å². The number of guanidine groups is 1. The van der Waals surface area contributed by atoms with Crippen LogP contribution < -0.4 is 20.1 Å². The second-order valence-corrected chi connectivity index (χ2v) is 7.61. The van der Waals surface area contributed by atoms with Gasteiger partial charge in [0.05, 0.1) is 13.7 Å². The van der Waals surface area contributed by atoms with Crippen molar-refractivity contribution >= 4 is 5.96 Å². The Bertz CT molecular complexity index is 818. The van der Waals surface area contributed by atoms with Gasteiger partial charge in [0.25, 0.3) is 0 Å². The Morgan fingerprint density at radius 2 is 1.87 bits per heavy atom. The fourth-order valence-corrected chi connectivity index (χ4v) is 3.87. The van der Waals surface area contributed by atoms with Crippen molar-refractivity contribution in [1.29, 1.82) is 0 Å². The van der Waals surface area contributed by atoms with Crippen LogP contribution in [0, 0.1) is 6.92 Å². The van der Waals surface area contributed by atoms with E-state index >= 15 is 0 Å². The van der Waals surface area contributed by atoms with Gasteiger partial charge in [-0.1, -0.05) is 35.9 Å². The Kier molecular flexibility index (Phi) is 7.97. The van der Waals surface area contributed by atoms with Gasteiger partial charge in [-0.25, -0.2) is 0 Å². The third kappa shape index (κ3) is 5.66. The molecule has 0 amide bonds. The smallest absolute Gasteiger partial charge is 0.191 e. The van der Waals surface area contributed by atoms with Crippen molar-refractivity contribution in [2.24, 2.45) is 4.99 Å². The van der Waals surface area contributed by atoms with Crippen molar-refractivity contribution in [1.82, 2.24) is 10.6 Å². The summed E-state index contributed by atoms with van der Waals surface area (Å²) in [4.78, 5) is 4.38. The first-order valence-electron chi connectivity index (χ1n) is 10.5. The Morgan fingerprint density at radius 1 is 1.10 bits per heavy atom. The van der Waals surface area contributed by atoms with E-state index in [2.05, 4.69) is 40.7 Å². The highest BCUT2D eigenvalue weighted by atomic mass is 16.5. The molecule has 1 heterocycles. The summed E-state index contributed by atoms with van der Waals surface area (Å²) in [6.07, 6.45) is 1.88. The molecule has 0 atom stereocenters. The number of benzene rings is 2. The van der Waals surface area contributed by atoms with Crippen LogP contribution in [0.15, 0.2) is 53.5 Å². The molecule has 1 aliphatic heterocycles. The number of aryl methyl sites for hydroxylation is 1. The average Bonchev–Trinajstić information content (AvgIpc) is 2.80. The Balaban J connectivity index is 1.61. The maximum Gasteiger partial charge on any atom is 0.191 e. The number of methoxy groups -OCH3 is 1. The summed E-state index contributed by atoms with van der Waals surface area (Å²) < 4.78 is 17.1. The largest absolute Gasteiger partial charge is 0.496 e. The molecule has 1 saturated heterocycles. The fourth-order valence-electron chi connectivity index (χ4n) is 3.87. The number of hydrogen-bond donors (Lipinski definition) is 2. The molecule has 0 aliphatic carbocycles. The van der Waals surface area contributed by atoms with E-state index in [-0.39, 0.29) is 5.41 Å². The van der Waals surface area contributed by atoms with Crippen LogP contribution in [0.4, 0.5) is 0 Å². The molecular formula is C24H33N3O3. The van der Waals surface area contributed by atoms with E-state index in [0.717, 1.165) is 50.1 Å². The van der Waals surface area contributed by atoms with Gasteiger partial charge in [-0.2, -0.15) is 0 Å². The Hall–Kier alpha value is -2.73. The summed E-state index contributed by atoms with van der Waals surface area (Å²) in [5, 5.41) is 6.86. The molecule has 2 aromatic carbocycles. The van der Waals surface area contributed by atoms with Crippen LogP contribution in [0.3, 0.4) is 0 Å².